The van der Waals surface area contributed by atoms with Crippen LogP contribution >= 0.6 is 0 Å². The fourth-order valence-corrected chi connectivity index (χ4v) is 2.30. The summed E-state index contributed by atoms with van der Waals surface area (Å²) in [6.45, 7) is 4.38. The molecule has 0 radical (unpaired) electrons. The lowest BCUT2D eigenvalue weighted by Crippen LogP contribution is -2.18. The molecule has 0 saturated carbocycles. The summed E-state index contributed by atoms with van der Waals surface area (Å²) in [6.07, 6.45) is 3.56. The Labute approximate surface area is 129 Å². The Morgan fingerprint density at radius 2 is 1.91 bits per heavy atom. The van der Waals surface area contributed by atoms with Crippen molar-refractivity contribution in [3.05, 3.63) is 77.9 Å². The minimum atomic E-state index is 0.0221. The SMILES string of the molecule is C=CCOc1ccc(/C=C2/COc3ccccc3C2=O)cc1. The van der Waals surface area contributed by atoms with Gasteiger partial charge in [0.05, 0.1) is 5.56 Å². The van der Waals surface area contributed by atoms with Gasteiger partial charge in [-0.3, -0.25) is 4.79 Å². The number of hydrogen-bond acceptors (Lipinski definition) is 3. The normalized spacial score (nSPS) is 15.1. The summed E-state index contributed by atoms with van der Waals surface area (Å²) in [5, 5.41) is 0. The molecule has 0 saturated heterocycles. The monoisotopic (exact) mass is 292 g/mol. The highest BCUT2D eigenvalue weighted by atomic mass is 16.5. The molecule has 0 bridgehead atoms. The highest BCUT2D eigenvalue weighted by Crippen LogP contribution is 2.27. The van der Waals surface area contributed by atoms with E-state index in [0.717, 1.165) is 11.3 Å². The molecule has 0 amide bonds. The predicted octanol–water partition coefficient (Wildman–Crippen LogP) is 3.91. The maximum absolute atomic E-state index is 12.4. The highest BCUT2D eigenvalue weighted by molar-refractivity contribution is 6.14. The third-order valence-electron chi connectivity index (χ3n) is 3.40. The van der Waals surface area contributed by atoms with Crippen LogP contribution in [0.1, 0.15) is 15.9 Å². The van der Waals surface area contributed by atoms with Crippen molar-refractivity contribution < 1.29 is 14.3 Å². The minimum Gasteiger partial charge on any atom is -0.490 e. The number of carbonyl (C=O) groups excluding carboxylic acids is 1. The van der Waals surface area contributed by atoms with Crippen molar-refractivity contribution in [2.45, 2.75) is 0 Å². The molecule has 1 aliphatic heterocycles. The number of Topliss-reactive ketones (excluding diaryl/α,β-unsaturated/α-hetero) is 1. The van der Waals surface area contributed by atoms with Gasteiger partial charge in [-0.2, -0.15) is 0 Å². The molecule has 0 aliphatic carbocycles. The quantitative estimate of drug-likeness (QED) is 0.633. The maximum atomic E-state index is 12.4. The Hall–Kier alpha value is -2.81. The summed E-state index contributed by atoms with van der Waals surface area (Å²) >= 11 is 0. The Morgan fingerprint density at radius 1 is 1.14 bits per heavy atom. The third kappa shape index (κ3) is 2.93. The first-order chi connectivity index (χ1) is 10.8. The summed E-state index contributed by atoms with van der Waals surface area (Å²) in [5.41, 5.74) is 2.21. The lowest BCUT2D eigenvalue weighted by molar-refractivity contribution is 0.100. The van der Waals surface area contributed by atoms with Crippen molar-refractivity contribution in [1.29, 1.82) is 0 Å². The largest absolute Gasteiger partial charge is 0.490 e. The van der Waals surface area contributed by atoms with E-state index >= 15 is 0 Å². The smallest absolute Gasteiger partial charge is 0.196 e. The molecule has 0 N–H and O–H groups in total. The minimum absolute atomic E-state index is 0.0221. The topological polar surface area (TPSA) is 35.5 Å². The van der Waals surface area contributed by atoms with E-state index in [2.05, 4.69) is 6.58 Å². The zero-order valence-electron chi connectivity index (χ0n) is 12.1. The molecule has 110 valence electrons. The van der Waals surface area contributed by atoms with Crippen LogP contribution in [-0.4, -0.2) is 19.0 Å². The zero-order valence-corrected chi connectivity index (χ0v) is 12.1. The molecule has 0 aromatic heterocycles. The molecular formula is C19H16O3. The number of para-hydroxylation sites is 1. The summed E-state index contributed by atoms with van der Waals surface area (Å²) in [7, 11) is 0. The molecule has 0 fully saturated rings. The Morgan fingerprint density at radius 3 is 2.68 bits per heavy atom. The van der Waals surface area contributed by atoms with Crippen molar-refractivity contribution in [1.82, 2.24) is 0 Å². The summed E-state index contributed by atoms with van der Waals surface area (Å²) in [4.78, 5) is 12.4. The van der Waals surface area contributed by atoms with E-state index in [0.29, 0.717) is 30.1 Å². The standard InChI is InChI=1S/C19H16O3/c1-2-11-21-16-9-7-14(8-10-16)12-15-13-22-18-6-4-3-5-17(18)19(15)20/h2-10,12H,1,11,13H2/b15-12-. The second-order valence-corrected chi connectivity index (χ2v) is 4.95. The lowest BCUT2D eigenvalue weighted by atomic mass is 9.98. The molecule has 3 heteroatoms. The van der Waals surface area contributed by atoms with Gasteiger partial charge in [-0.25, -0.2) is 0 Å². The van der Waals surface area contributed by atoms with Crippen LogP contribution in [0.2, 0.25) is 0 Å². The van der Waals surface area contributed by atoms with Gasteiger partial charge in [-0.15, -0.1) is 0 Å². The van der Waals surface area contributed by atoms with Gasteiger partial charge in [0.1, 0.15) is 24.7 Å². The molecule has 0 atom stereocenters. The van der Waals surface area contributed by atoms with Crippen molar-refractivity contribution in [2.75, 3.05) is 13.2 Å². The lowest BCUT2D eigenvalue weighted by Gasteiger charge is -2.18. The first-order valence-electron chi connectivity index (χ1n) is 7.09. The van der Waals surface area contributed by atoms with Gasteiger partial charge < -0.3 is 9.47 Å². The number of fused-ring (bicyclic) bond motifs is 1. The fourth-order valence-electron chi connectivity index (χ4n) is 2.30. The molecule has 0 spiro atoms. The Bertz CT molecular complexity index is 727. The van der Waals surface area contributed by atoms with Crippen molar-refractivity contribution >= 4 is 11.9 Å². The van der Waals surface area contributed by atoms with Crippen LogP contribution < -0.4 is 9.47 Å². The predicted molar refractivity (Wildman–Crippen MR) is 86.4 cm³/mol. The number of ketones is 1. The van der Waals surface area contributed by atoms with Gasteiger partial charge >= 0.3 is 0 Å². The first kappa shape index (κ1) is 14.1. The van der Waals surface area contributed by atoms with Gasteiger partial charge in [0.2, 0.25) is 0 Å². The van der Waals surface area contributed by atoms with Crippen LogP contribution in [0.4, 0.5) is 0 Å². The summed E-state index contributed by atoms with van der Waals surface area (Å²) in [6, 6.07) is 14.9. The van der Waals surface area contributed by atoms with Crippen LogP contribution in [-0.2, 0) is 0 Å². The Kier molecular flexibility index (Phi) is 4.05. The van der Waals surface area contributed by atoms with Crippen LogP contribution in [0, 0.1) is 0 Å². The van der Waals surface area contributed by atoms with Crippen molar-refractivity contribution in [3.63, 3.8) is 0 Å². The van der Waals surface area contributed by atoms with Crippen LogP contribution in [0.5, 0.6) is 11.5 Å². The van der Waals surface area contributed by atoms with Gasteiger partial charge in [-0.05, 0) is 35.9 Å². The molecule has 3 rings (SSSR count). The molecule has 1 heterocycles. The Balaban J connectivity index is 1.81. The van der Waals surface area contributed by atoms with Crippen LogP contribution in [0.15, 0.2) is 66.8 Å². The van der Waals surface area contributed by atoms with Crippen molar-refractivity contribution in [2.24, 2.45) is 0 Å². The summed E-state index contributed by atoms with van der Waals surface area (Å²) < 4.78 is 11.1. The van der Waals surface area contributed by atoms with E-state index in [9.17, 15) is 4.79 Å². The molecule has 0 unspecified atom stereocenters. The first-order valence-corrected chi connectivity index (χ1v) is 7.09. The molecule has 1 aliphatic rings. The number of hydrogen-bond donors (Lipinski definition) is 0. The van der Waals surface area contributed by atoms with Gasteiger partial charge in [0.15, 0.2) is 5.78 Å². The van der Waals surface area contributed by atoms with Gasteiger partial charge in [0, 0.05) is 5.57 Å². The van der Waals surface area contributed by atoms with Gasteiger partial charge in [-0.1, -0.05) is 36.9 Å². The molecule has 2 aromatic rings. The second kappa shape index (κ2) is 6.31. The summed E-state index contributed by atoms with van der Waals surface area (Å²) in [5.74, 6) is 1.45. The van der Waals surface area contributed by atoms with Gasteiger partial charge in [0.25, 0.3) is 0 Å². The van der Waals surface area contributed by atoms with E-state index in [1.807, 2.05) is 48.5 Å². The van der Waals surface area contributed by atoms with E-state index in [1.165, 1.54) is 0 Å². The third-order valence-corrected chi connectivity index (χ3v) is 3.40. The number of benzene rings is 2. The molecular weight excluding hydrogens is 276 g/mol. The number of ether oxygens (including phenoxy) is 2. The van der Waals surface area contributed by atoms with Crippen molar-refractivity contribution in [3.8, 4) is 11.5 Å². The van der Waals surface area contributed by atoms with Crippen LogP contribution in [0.25, 0.3) is 6.08 Å². The molecule has 22 heavy (non-hydrogen) atoms. The van der Waals surface area contributed by atoms with Crippen LogP contribution in [0.3, 0.4) is 0 Å². The molecule has 2 aromatic carbocycles. The van der Waals surface area contributed by atoms with E-state index < -0.39 is 0 Å². The van der Waals surface area contributed by atoms with E-state index in [1.54, 1.807) is 12.1 Å². The van der Waals surface area contributed by atoms with E-state index in [-0.39, 0.29) is 5.78 Å². The number of carbonyl (C=O) groups is 1. The average Bonchev–Trinajstić information content (AvgIpc) is 2.57. The zero-order chi connectivity index (χ0) is 15.4. The molecule has 3 nitrogen and oxygen atoms in total. The average molecular weight is 292 g/mol. The second-order valence-electron chi connectivity index (χ2n) is 4.95. The maximum Gasteiger partial charge on any atom is 0.196 e. The number of rotatable bonds is 4. The fraction of sp³-hybridized carbons (Fsp3) is 0.105. The highest BCUT2D eigenvalue weighted by Gasteiger charge is 2.22. The van der Waals surface area contributed by atoms with E-state index in [4.69, 9.17) is 9.47 Å².